The SMILES string of the molecule is Nc1cc(NC(=O)C(O)CO)cc([N+](=O)[O-])c1. The van der Waals surface area contributed by atoms with Gasteiger partial charge in [-0.05, 0) is 6.07 Å². The molecule has 0 bridgehead atoms. The quantitative estimate of drug-likeness (QED) is 0.317. The van der Waals surface area contributed by atoms with Crippen molar-refractivity contribution in [3.8, 4) is 0 Å². The summed E-state index contributed by atoms with van der Waals surface area (Å²) >= 11 is 0. The molecular weight excluding hydrogens is 230 g/mol. The first-order valence-electron chi connectivity index (χ1n) is 4.58. The molecule has 0 aromatic heterocycles. The molecule has 92 valence electrons. The van der Waals surface area contributed by atoms with Crippen LogP contribution in [0.3, 0.4) is 0 Å². The number of rotatable bonds is 4. The zero-order chi connectivity index (χ0) is 13.0. The fourth-order valence-corrected chi connectivity index (χ4v) is 1.12. The molecule has 0 saturated carbocycles. The second-order valence-corrected chi connectivity index (χ2v) is 3.26. The zero-order valence-electron chi connectivity index (χ0n) is 8.66. The predicted octanol–water partition coefficient (Wildman–Crippen LogP) is -0.531. The van der Waals surface area contributed by atoms with Gasteiger partial charge in [0, 0.05) is 23.5 Å². The monoisotopic (exact) mass is 241 g/mol. The molecule has 1 amide bonds. The molecule has 1 unspecified atom stereocenters. The van der Waals surface area contributed by atoms with E-state index in [2.05, 4.69) is 5.32 Å². The minimum Gasteiger partial charge on any atom is -0.398 e. The van der Waals surface area contributed by atoms with Gasteiger partial charge in [-0.1, -0.05) is 0 Å². The van der Waals surface area contributed by atoms with Crippen LogP contribution in [0.1, 0.15) is 0 Å². The second-order valence-electron chi connectivity index (χ2n) is 3.26. The molecule has 5 N–H and O–H groups in total. The molecule has 0 aliphatic heterocycles. The van der Waals surface area contributed by atoms with Gasteiger partial charge in [-0.2, -0.15) is 0 Å². The van der Waals surface area contributed by atoms with E-state index in [4.69, 9.17) is 15.9 Å². The molecule has 1 atom stereocenters. The Hall–Kier alpha value is -2.19. The predicted molar refractivity (Wildman–Crippen MR) is 59.2 cm³/mol. The Balaban J connectivity index is 2.92. The number of nitrogens with one attached hydrogen (secondary N) is 1. The summed E-state index contributed by atoms with van der Waals surface area (Å²) in [6.45, 7) is -0.740. The van der Waals surface area contributed by atoms with Crippen LogP contribution in [0.5, 0.6) is 0 Å². The van der Waals surface area contributed by atoms with Gasteiger partial charge in [0.2, 0.25) is 0 Å². The van der Waals surface area contributed by atoms with E-state index in [9.17, 15) is 14.9 Å². The number of benzene rings is 1. The molecule has 8 nitrogen and oxygen atoms in total. The number of non-ortho nitro benzene ring substituents is 1. The molecule has 0 saturated heterocycles. The van der Waals surface area contributed by atoms with Crippen LogP contribution in [0, 0.1) is 10.1 Å². The molecule has 0 aliphatic carbocycles. The third-order valence-electron chi connectivity index (χ3n) is 1.89. The van der Waals surface area contributed by atoms with Gasteiger partial charge in [0.05, 0.1) is 11.5 Å². The number of anilines is 2. The largest absolute Gasteiger partial charge is 0.398 e. The van der Waals surface area contributed by atoms with Crippen molar-refractivity contribution in [2.75, 3.05) is 17.7 Å². The van der Waals surface area contributed by atoms with E-state index in [-0.39, 0.29) is 17.1 Å². The molecule has 1 rings (SSSR count). The van der Waals surface area contributed by atoms with Gasteiger partial charge in [-0.3, -0.25) is 14.9 Å². The first-order valence-corrected chi connectivity index (χ1v) is 4.58. The van der Waals surface area contributed by atoms with Crippen LogP contribution in [-0.2, 0) is 4.79 Å². The average Bonchev–Trinajstić information content (AvgIpc) is 2.26. The fourth-order valence-electron chi connectivity index (χ4n) is 1.12. The average molecular weight is 241 g/mol. The number of nitrogen functional groups attached to an aromatic ring is 1. The van der Waals surface area contributed by atoms with Crippen molar-refractivity contribution >= 4 is 23.0 Å². The minimum atomic E-state index is -1.59. The summed E-state index contributed by atoms with van der Waals surface area (Å²) in [5.74, 6) is -0.868. The highest BCUT2D eigenvalue weighted by Crippen LogP contribution is 2.22. The number of carbonyl (C=O) groups excluding carboxylic acids is 1. The van der Waals surface area contributed by atoms with Crippen LogP contribution in [0.25, 0.3) is 0 Å². The van der Waals surface area contributed by atoms with E-state index < -0.39 is 23.5 Å². The topological polar surface area (TPSA) is 139 Å². The lowest BCUT2D eigenvalue weighted by molar-refractivity contribution is -0.384. The summed E-state index contributed by atoms with van der Waals surface area (Å²) in [6.07, 6.45) is -1.59. The highest BCUT2D eigenvalue weighted by molar-refractivity contribution is 5.94. The van der Waals surface area contributed by atoms with Crippen molar-refractivity contribution in [1.29, 1.82) is 0 Å². The maximum atomic E-state index is 11.2. The first kappa shape index (κ1) is 12.9. The van der Waals surface area contributed by atoms with Crippen LogP contribution >= 0.6 is 0 Å². The van der Waals surface area contributed by atoms with Crippen LogP contribution in [0.4, 0.5) is 17.1 Å². The standard InChI is InChI=1S/C9H11N3O5/c10-5-1-6(3-7(2-5)12(16)17)11-9(15)8(14)4-13/h1-3,8,13-14H,4,10H2,(H,11,15). The lowest BCUT2D eigenvalue weighted by Gasteiger charge is -2.09. The van der Waals surface area contributed by atoms with E-state index in [1.165, 1.54) is 6.07 Å². The Morgan fingerprint density at radius 2 is 2.18 bits per heavy atom. The smallest absolute Gasteiger partial charge is 0.273 e. The van der Waals surface area contributed by atoms with E-state index >= 15 is 0 Å². The highest BCUT2D eigenvalue weighted by Gasteiger charge is 2.15. The van der Waals surface area contributed by atoms with Gasteiger partial charge in [0.1, 0.15) is 0 Å². The molecule has 0 fully saturated rings. The Bertz CT molecular complexity index is 448. The molecule has 0 heterocycles. The van der Waals surface area contributed by atoms with Crippen LogP contribution < -0.4 is 11.1 Å². The van der Waals surface area contributed by atoms with Gasteiger partial charge in [-0.25, -0.2) is 0 Å². The second kappa shape index (κ2) is 5.23. The Morgan fingerprint density at radius 1 is 1.53 bits per heavy atom. The molecule has 1 aromatic carbocycles. The molecule has 0 radical (unpaired) electrons. The number of carbonyl (C=O) groups is 1. The maximum Gasteiger partial charge on any atom is 0.273 e. The number of amides is 1. The summed E-state index contributed by atoms with van der Waals surface area (Å²) in [4.78, 5) is 21.1. The number of hydrogen-bond acceptors (Lipinski definition) is 6. The number of nitro groups is 1. The zero-order valence-corrected chi connectivity index (χ0v) is 8.66. The molecule has 0 aliphatic rings. The first-order chi connectivity index (χ1) is 7.93. The van der Waals surface area contributed by atoms with Crippen molar-refractivity contribution in [3.63, 3.8) is 0 Å². The van der Waals surface area contributed by atoms with Gasteiger partial charge >= 0.3 is 0 Å². The maximum absolute atomic E-state index is 11.2. The van der Waals surface area contributed by atoms with Gasteiger partial charge in [0.15, 0.2) is 6.10 Å². The third-order valence-corrected chi connectivity index (χ3v) is 1.89. The minimum absolute atomic E-state index is 0.0780. The van der Waals surface area contributed by atoms with Crippen molar-refractivity contribution in [2.24, 2.45) is 0 Å². The van der Waals surface area contributed by atoms with Crippen LogP contribution in [-0.4, -0.2) is 33.8 Å². The molecule has 17 heavy (non-hydrogen) atoms. The summed E-state index contributed by atoms with van der Waals surface area (Å²) in [7, 11) is 0. The Labute approximate surface area is 95.8 Å². The summed E-state index contributed by atoms with van der Waals surface area (Å²) in [5.41, 5.74) is 5.32. The lowest BCUT2D eigenvalue weighted by atomic mass is 10.2. The number of aliphatic hydroxyl groups excluding tert-OH is 2. The van der Waals surface area contributed by atoms with E-state index in [0.717, 1.165) is 12.1 Å². The summed E-state index contributed by atoms with van der Waals surface area (Å²) < 4.78 is 0. The number of nitrogens with zero attached hydrogens (tertiary/aromatic N) is 1. The number of nitro benzene ring substituents is 1. The molecule has 1 aromatic rings. The van der Waals surface area contributed by atoms with Crippen molar-refractivity contribution < 1.29 is 19.9 Å². The van der Waals surface area contributed by atoms with Crippen molar-refractivity contribution in [2.45, 2.75) is 6.10 Å². The Morgan fingerprint density at radius 3 is 2.71 bits per heavy atom. The van der Waals surface area contributed by atoms with Crippen molar-refractivity contribution in [1.82, 2.24) is 0 Å². The third kappa shape index (κ3) is 3.40. The molecular formula is C9H11N3O5. The van der Waals surface area contributed by atoms with Gasteiger partial charge < -0.3 is 21.3 Å². The number of hydrogen-bond donors (Lipinski definition) is 4. The molecule has 0 spiro atoms. The normalized spacial score (nSPS) is 11.9. The number of aliphatic hydroxyl groups is 2. The van der Waals surface area contributed by atoms with E-state index in [0.29, 0.717) is 0 Å². The van der Waals surface area contributed by atoms with Crippen LogP contribution in [0.2, 0.25) is 0 Å². The van der Waals surface area contributed by atoms with Crippen LogP contribution in [0.15, 0.2) is 18.2 Å². The van der Waals surface area contributed by atoms with Crippen molar-refractivity contribution in [3.05, 3.63) is 28.3 Å². The molecule has 8 heteroatoms. The fraction of sp³-hybridized carbons (Fsp3) is 0.222. The number of nitrogens with two attached hydrogens (primary N) is 1. The summed E-state index contributed by atoms with van der Waals surface area (Å²) in [6, 6.07) is 3.53. The summed E-state index contributed by atoms with van der Waals surface area (Å²) in [5, 5.41) is 30.3. The van der Waals surface area contributed by atoms with Gasteiger partial charge in [0.25, 0.3) is 11.6 Å². The highest BCUT2D eigenvalue weighted by atomic mass is 16.6. The van der Waals surface area contributed by atoms with E-state index in [1.54, 1.807) is 0 Å². The van der Waals surface area contributed by atoms with Gasteiger partial charge in [-0.15, -0.1) is 0 Å². The Kier molecular flexibility index (Phi) is 3.96. The lowest BCUT2D eigenvalue weighted by Crippen LogP contribution is -2.30. The van der Waals surface area contributed by atoms with E-state index in [1.807, 2.05) is 0 Å².